The number of methoxy groups -OCH3 is 1. The Bertz CT molecular complexity index is 360. The van der Waals surface area contributed by atoms with Crippen molar-refractivity contribution >= 4 is 0 Å². The Morgan fingerprint density at radius 1 is 1.37 bits per heavy atom. The smallest absolute Gasteiger partial charge is 0.212 e. The highest BCUT2D eigenvalue weighted by Gasteiger charge is 2.21. The van der Waals surface area contributed by atoms with E-state index in [4.69, 9.17) is 4.74 Å². The second-order valence-electron chi connectivity index (χ2n) is 5.08. The van der Waals surface area contributed by atoms with E-state index in [-0.39, 0.29) is 0 Å². The fourth-order valence-corrected chi connectivity index (χ4v) is 2.66. The summed E-state index contributed by atoms with van der Waals surface area (Å²) in [5.41, 5.74) is 1.32. The molecular formula is C15H25N3O. The minimum Gasteiger partial charge on any atom is -0.481 e. The van der Waals surface area contributed by atoms with Gasteiger partial charge in [0.05, 0.1) is 7.11 Å². The fourth-order valence-electron chi connectivity index (χ4n) is 2.66. The number of hydrogen-bond donors (Lipinski definition) is 1. The molecule has 1 atom stereocenters. The van der Waals surface area contributed by atoms with E-state index >= 15 is 0 Å². The minimum absolute atomic E-state index is 0.500. The molecule has 1 aromatic heterocycles. The van der Waals surface area contributed by atoms with Gasteiger partial charge < -0.3 is 10.1 Å². The average molecular weight is 263 g/mol. The topological polar surface area (TPSA) is 37.4 Å². The van der Waals surface area contributed by atoms with Crippen LogP contribution in [0.3, 0.4) is 0 Å². The van der Waals surface area contributed by atoms with Gasteiger partial charge in [-0.3, -0.25) is 4.90 Å². The highest BCUT2D eigenvalue weighted by atomic mass is 16.5. The van der Waals surface area contributed by atoms with E-state index in [1.54, 1.807) is 7.11 Å². The Balaban J connectivity index is 2.10. The van der Waals surface area contributed by atoms with Crippen molar-refractivity contribution in [3.05, 3.63) is 23.9 Å². The van der Waals surface area contributed by atoms with Crippen LogP contribution in [-0.2, 0) is 0 Å². The van der Waals surface area contributed by atoms with Crippen LogP contribution in [0.2, 0.25) is 0 Å². The number of nitrogens with zero attached hydrogens (tertiary/aromatic N) is 2. The van der Waals surface area contributed by atoms with Gasteiger partial charge in [-0.1, -0.05) is 25.8 Å². The molecule has 106 valence electrons. The molecule has 1 aliphatic rings. The third-order valence-corrected chi connectivity index (χ3v) is 3.78. The average Bonchev–Trinajstić information content (AvgIpc) is 2.49. The second kappa shape index (κ2) is 7.46. The Hall–Kier alpha value is -1.13. The van der Waals surface area contributed by atoms with Gasteiger partial charge in [-0.25, -0.2) is 4.98 Å². The molecule has 0 saturated carbocycles. The predicted molar refractivity (Wildman–Crippen MR) is 77.5 cm³/mol. The van der Waals surface area contributed by atoms with E-state index in [2.05, 4.69) is 28.2 Å². The molecule has 2 heterocycles. The van der Waals surface area contributed by atoms with Crippen molar-refractivity contribution in [2.45, 2.75) is 32.2 Å². The van der Waals surface area contributed by atoms with E-state index < -0.39 is 0 Å². The van der Waals surface area contributed by atoms with E-state index in [0.717, 1.165) is 26.2 Å². The zero-order chi connectivity index (χ0) is 13.5. The van der Waals surface area contributed by atoms with Crippen LogP contribution < -0.4 is 10.1 Å². The molecule has 0 aliphatic carbocycles. The standard InChI is InChI=1S/C15H25N3O/c1-3-4-5-14(18-10-8-16-9-11-18)13-6-7-15(19-2)17-12-13/h6-7,12,14,16H,3-5,8-11H2,1-2H3/t14-/m1/s1. The molecule has 0 aromatic carbocycles. The molecular weight excluding hydrogens is 238 g/mol. The predicted octanol–water partition coefficient (Wildman–Crippen LogP) is 2.23. The monoisotopic (exact) mass is 263 g/mol. The fraction of sp³-hybridized carbons (Fsp3) is 0.667. The first-order valence-corrected chi connectivity index (χ1v) is 7.30. The van der Waals surface area contributed by atoms with Crippen molar-refractivity contribution in [3.63, 3.8) is 0 Å². The van der Waals surface area contributed by atoms with Gasteiger partial charge in [-0.15, -0.1) is 0 Å². The largest absolute Gasteiger partial charge is 0.481 e. The number of nitrogens with one attached hydrogen (secondary N) is 1. The summed E-state index contributed by atoms with van der Waals surface area (Å²) in [6, 6.07) is 4.63. The molecule has 1 saturated heterocycles. The van der Waals surface area contributed by atoms with Gasteiger partial charge in [0, 0.05) is 44.5 Å². The third-order valence-electron chi connectivity index (χ3n) is 3.78. The molecule has 1 N–H and O–H groups in total. The van der Waals surface area contributed by atoms with Crippen molar-refractivity contribution in [3.8, 4) is 5.88 Å². The first kappa shape index (κ1) is 14.3. The van der Waals surface area contributed by atoms with Gasteiger partial charge in [-0.2, -0.15) is 0 Å². The van der Waals surface area contributed by atoms with Crippen LogP contribution in [0.4, 0.5) is 0 Å². The summed E-state index contributed by atoms with van der Waals surface area (Å²) in [5, 5.41) is 3.42. The number of pyridine rings is 1. The van der Waals surface area contributed by atoms with Gasteiger partial charge in [0.15, 0.2) is 0 Å². The summed E-state index contributed by atoms with van der Waals surface area (Å²) in [5.74, 6) is 0.693. The van der Waals surface area contributed by atoms with E-state index in [1.165, 1.54) is 24.8 Å². The summed E-state index contributed by atoms with van der Waals surface area (Å²) >= 11 is 0. The Morgan fingerprint density at radius 2 is 2.16 bits per heavy atom. The Labute approximate surface area is 116 Å². The Kier molecular flexibility index (Phi) is 5.61. The molecule has 2 rings (SSSR count). The molecule has 4 nitrogen and oxygen atoms in total. The van der Waals surface area contributed by atoms with Crippen LogP contribution in [0.5, 0.6) is 5.88 Å². The minimum atomic E-state index is 0.500. The van der Waals surface area contributed by atoms with Crippen molar-refractivity contribution in [1.82, 2.24) is 15.2 Å². The van der Waals surface area contributed by atoms with Crippen LogP contribution >= 0.6 is 0 Å². The lowest BCUT2D eigenvalue weighted by atomic mass is 10.0. The van der Waals surface area contributed by atoms with Crippen molar-refractivity contribution in [1.29, 1.82) is 0 Å². The van der Waals surface area contributed by atoms with Gasteiger partial charge in [-0.05, 0) is 12.0 Å². The summed E-state index contributed by atoms with van der Waals surface area (Å²) in [6.45, 7) is 6.68. The number of ether oxygens (including phenoxy) is 1. The maximum atomic E-state index is 5.14. The SMILES string of the molecule is CCCC[C@H](c1ccc(OC)nc1)N1CCNCC1. The highest BCUT2D eigenvalue weighted by molar-refractivity contribution is 5.21. The summed E-state index contributed by atoms with van der Waals surface area (Å²) < 4.78 is 5.14. The van der Waals surface area contributed by atoms with Crippen LogP contribution in [0, 0.1) is 0 Å². The van der Waals surface area contributed by atoms with Crippen LogP contribution in [0.25, 0.3) is 0 Å². The maximum Gasteiger partial charge on any atom is 0.212 e. The first-order chi connectivity index (χ1) is 9.35. The van der Waals surface area contributed by atoms with Crippen LogP contribution in [0.1, 0.15) is 37.8 Å². The molecule has 1 fully saturated rings. The molecule has 1 aliphatic heterocycles. The molecule has 0 amide bonds. The zero-order valence-electron chi connectivity index (χ0n) is 12.1. The van der Waals surface area contributed by atoms with Gasteiger partial charge in [0.2, 0.25) is 5.88 Å². The first-order valence-electron chi connectivity index (χ1n) is 7.30. The summed E-state index contributed by atoms with van der Waals surface area (Å²) in [7, 11) is 1.66. The van der Waals surface area contributed by atoms with Crippen molar-refractivity contribution < 1.29 is 4.74 Å². The van der Waals surface area contributed by atoms with Gasteiger partial charge >= 0.3 is 0 Å². The van der Waals surface area contributed by atoms with Crippen LogP contribution in [0.15, 0.2) is 18.3 Å². The molecule has 19 heavy (non-hydrogen) atoms. The van der Waals surface area contributed by atoms with Gasteiger partial charge in [0.1, 0.15) is 0 Å². The quantitative estimate of drug-likeness (QED) is 0.854. The second-order valence-corrected chi connectivity index (χ2v) is 5.08. The number of aromatic nitrogens is 1. The van der Waals surface area contributed by atoms with Gasteiger partial charge in [0.25, 0.3) is 0 Å². The molecule has 4 heteroatoms. The number of rotatable bonds is 6. The van der Waals surface area contributed by atoms with Crippen molar-refractivity contribution in [2.75, 3.05) is 33.3 Å². The lowest BCUT2D eigenvalue weighted by Crippen LogP contribution is -2.45. The lowest BCUT2D eigenvalue weighted by Gasteiger charge is -2.35. The van der Waals surface area contributed by atoms with E-state index in [9.17, 15) is 0 Å². The maximum absolute atomic E-state index is 5.14. The number of unbranched alkanes of at least 4 members (excludes halogenated alkanes) is 1. The van der Waals surface area contributed by atoms with E-state index in [0.29, 0.717) is 11.9 Å². The van der Waals surface area contributed by atoms with Crippen LogP contribution in [-0.4, -0.2) is 43.2 Å². The summed E-state index contributed by atoms with van der Waals surface area (Å²) in [6.07, 6.45) is 5.69. The normalized spacial score (nSPS) is 18.2. The third kappa shape index (κ3) is 3.91. The van der Waals surface area contributed by atoms with Crippen molar-refractivity contribution in [2.24, 2.45) is 0 Å². The summed E-state index contributed by atoms with van der Waals surface area (Å²) in [4.78, 5) is 6.94. The molecule has 0 radical (unpaired) electrons. The zero-order valence-corrected chi connectivity index (χ0v) is 12.1. The Morgan fingerprint density at radius 3 is 2.74 bits per heavy atom. The van der Waals surface area contributed by atoms with E-state index in [1.807, 2.05) is 12.3 Å². The lowest BCUT2D eigenvalue weighted by molar-refractivity contribution is 0.163. The number of piperazine rings is 1. The highest BCUT2D eigenvalue weighted by Crippen LogP contribution is 2.27. The molecule has 0 spiro atoms. The molecule has 0 unspecified atom stereocenters. The molecule has 0 bridgehead atoms. The number of hydrogen-bond acceptors (Lipinski definition) is 4. The molecule has 1 aromatic rings.